The number of benzene rings is 1. The molecule has 2 aromatic rings. The van der Waals surface area contributed by atoms with Crippen molar-refractivity contribution in [2.24, 2.45) is 5.73 Å². The van der Waals surface area contributed by atoms with Gasteiger partial charge in [-0.2, -0.15) is 0 Å². The Bertz CT molecular complexity index is 505. The maximum atomic E-state index is 5.55. The third-order valence-corrected chi connectivity index (χ3v) is 2.71. The van der Waals surface area contributed by atoms with Gasteiger partial charge in [-0.25, -0.2) is 4.98 Å². The second kappa shape index (κ2) is 5.01. The Morgan fingerprint density at radius 2 is 2.24 bits per heavy atom. The van der Waals surface area contributed by atoms with Crippen molar-refractivity contribution < 1.29 is 4.74 Å². The standard InChI is InChI=1S/C13H17N3O/c1-10-15-13(9-16(10)7-6-14)11-4-3-5-12(8-11)17-2/h3-5,8-9H,6-7,14H2,1-2H3. The number of aryl methyl sites for hydroxylation is 1. The summed E-state index contributed by atoms with van der Waals surface area (Å²) in [6.45, 7) is 3.40. The Labute approximate surface area is 101 Å². The first kappa shape index (κ1) is 11.7. The molecule has 0 fully saturated rings. The lowest BCUT2D eigenvalue weighted by Gasteiger charge is -2.01. The van der Waals surface area contributed by atoms with Gasteiger partial charge in [0.15, 0.2) is 0 Å². The molecule has 90 valence electrons. The molecule has 0 saturated heterocycles. The van der Waals surface area contributed by atoms with Crippen molar-refractivity contribution in [3.63, 3.8) is 0 Å². The van der Waals surface area contributed by atoms with Crippen LogP contribution in [0.2, 0.25) is 0 Å². The number of hydrogen-bond acceptors (Lipinski definition) is 3. The van der Waals surface area contributed by atoms with Crippen LogP contribution < -0.4 is 10.5 Å². The van der Waals surface area contributed by atoms with E-state index < -0.39 is 0 Å². The van der Waals surface area contributed by atoms with Gasteiger partial charge in [0.2, 0.25) is 0 Å². The minimum absolute atomic E-state index is 0.620. The molecular formula is C13H17N3O. The van der Waals surface area contributed by atoms with Gasteiger partial charge in [0.1, 0.15) is 11.6 Å². The van der Waals surface area contributed by atoms with E-state index in [9.17, 15) is 0 Å². The molecular weight excluding hydrogens is 214 g/mol. The second-order valence-corrected chi connectivity index (χ2v) is 3.89. The van der Waals surface area contributed by atoms with E-state index >= 15 is 0 Å². The zero-order valence-electron chi connectivity index (χ0n) is 10.2. The van der Waals surface area contributed by atoms with E-state index in [2.05, 4.69) is 9.55 Å². The molecule has 0 bridgehead atoms. The van der Waals surface area contributed by atoms with Crippen molar-refractivity contribution in [3.05, 3.63) is 36.3 Å². The Hall–Kier alpha value is -1.81. The van der Waals surface area contributed by atoms with Crippen molar-refractivity contribution in [1.29, 1.82) is 0 Å². The lowest BCUT2D eigenvalue weighted by molar-refractivity contribution is 0.415. The number of rotatable bonds is 4. The smallest absolute Gasteiger partial charge is 0.119 e. The largest absolute Gasteiger partial charge is 0.497 e. The van der Waals surface area contributed by atoms with Crippen LogP contribution in [-0.2, 0) is 6.54 Å². The SMILES string of the molecule is COc1cccc(-c2cn(CCN)c(C)n2)c1. The fourth-order valence-electron chi connectivity index (χ4n) is 1.80. The van der Waals surface area contributed by atoms with Gasteiger partial charge in [-0.3, -0.25) is 0 Å². The first-order valence-corrected chi connectivity index (χ1v) is 5.63. The lowest BCUT2D eigenvalue weighted by Crippen LogP contribution is -2.10. The second-order valence-electron chi connectivity index (χ2n) is 3.89. The molecule has 17 heavy (non-hydrogen) atoms. The predicted octanol–water partition coefficient (Wildman–Crippen LogP) is 1.83. The van der Waals surface area contributed by atoms with Gasteiger partial charge in [0.25, 0.3) is 0 Å². The molecule has 0 saturated carbocycles. The lowest BCUT2D eigenvalue weighted by atomic mass is 10.1. The van der Waals surface area contributed by atoms with E-state index in [1.165, 1.54) is 0 Å². The van der Waals surface area contributed by atoms with E-state index in [0.717, 1.165) is 29.4 Å². The molecule has 0 amide bonds. The average Bonchev–Trinajstić information content (AvgIpc) is 2.72. The Morgan fingerprint density at radius 1 is 1.41 bits per heavy atom. The summed E-state index contributed by atoms with van der Waals surface area (Å²) in [6, 6.07) is 7.89. The molecule has 0 aliphatic heterocycles. The van der Waals surface area contributed by atoms with Crippen LogP contribution in [0.5, 0.6) is 5.75 Å². The highest BCUT2D eigenvalue weighted by Crippen LogP contribution is 2.22. The Balaban J connectivity index is 2.35. The molecule has 1 heterocycles. The molecule has 0 aliphatic rings. The number of imidazole rings is 1. The van der Waals surface area contributed by atoms with E-state index in [1.807, 2.05) is 37.4 Å². The van der Waals surface area contributed by atoms with Crippen molar-refractivity contribution >= 4 is 0 Å². The van der Waals surface area contributed by atoms with Gasteiger partial charge in [-0.15, -0.1) is 0 Å². The number of ether oxygens (including phenoxy) is 1. The van der Waals surface area contributed by atoms with Gasteiger partial charge in [-0.05, 0) is 19.1 Å². The minimum atomic E-state index is 0.620. The van der Waals surface area contributed by atoms with Gasteiger partial charge in [0, 0.05) is 24.8 Å². The van der Waals surface area contributed by atoms with E-state index in [0.29, 0.717) is 6.54 Å². The van der Waals surface area contributed by atoms with Crippen molar-refractivity contribution in [3.8, 4) is 17.0 Å². The number of hydrogen-bond donors (Lipinski definition) is 1. The average molecular weight is 231 g/mol. The highest BCUT2D eigenvalue weighted by Gasteiger charge is 2.06. The zero-order valence-corrected chi connectivity index (χ0v) is 10.2. The van der Waals surface area contributed by atoms with Gasteiger partial charge >= 0.3 is 0 Å². The third kappa shape index (κ3) is 2.47. The highest BCUT2D eigenvalue weighted by atomic mass is 16.5. The molecule has 0 atom stereocenters. The Kier molecular flexibility index (Phi) is 3.44. The topological polar surface area (TPSA) is 53.1 Å². The van der Waals surface area contributed by atoms with Crippen LogP contribution in [0.1, 0.15) is 5.82 Å². The molecule has 0 aliphatic carbocycles. The minimum Gasteiger partial charge on any atom is -0.497 e. The number of nitrogens with zero attached hydrogens (tertiary/aromatic N) is 2. The summed E-state index contributed by atoms with van der Waals surface area (Å²) in [5.41, 5.74) is 7.57. The van der Waals surface area contributed by atoms with E-state index in [4.69, 9.17) is 10.5 Å². The van der Waals surface area contributed by atoms with E-state index in [1.54, 1.807) is 7.11 Å². The normalized spacial score (nSPS) is 10.5. The summed E-state index contributed by atoms with van der Waals surface area (Å²) >= 11 is 0. The summed E-state index contributed by atoms with van der Waals surface area (Å²) in [4.78, 5) is 4.53. The number of methoxy groups -OCH3 is 1. The van der Waals surface area contributed by atoms with Crippen LogP contribution >= 0.6 is 0 Å². The molecule has 2 N–H and O–H groups in total. The molecule has 4 heteroatoms. The molecule has 1 aromatic heterocycles. The molecule has 0 radical (unpaired) electrons. The summed E-state index contributed by atoms with van der Waals surface area (Å²) in [5.74, 6) is 1.82. The third-order valence-electron chi connectivity index (χ3n) is 2.71. The first-order chi connectivity index (χ1) is 8.24. The quantitative estimate of drug-likeness (QED) is 0.873. The zero-order chi connectivity index (χ0) is 12.3. The van der Waals surface area contributed by atoms with Crippen LogP contribution in [0.25, 0.3) is 11.3 Å². The maximum Gasteiger partial charge on any atom is 0.119 e. The van der Waals surface area contributed by atoms with Crippen LogP contribution in [0.15, 0.2) is 30.5 Å². The highest BCUT2D eigenvalue weighted by molar-refractivity contribution is 5.60. The molecule has 1 aromatic carbocycles. The fourth-order valence-corrected chi connectivity index (χ4v) is 1.80. The monoisotopic (exact) mass is 231 g/mol. The summed E-state index contributed by atoms with van der Waals surface area (Å²) in [6.07, 6.45) is 2.02. The van der Waals surface area contributed by atoms with E-state index in [-0.39, 0.29) is 0 Å². The Morgan fingerprint density at radius 3 is 2.94 bits per heavy atom. The van der Waals surface area contributed by atoms with Gasteiger partial charge < -0.3 is 15.0 Å². The van der Waals surface area contributed by atoms with Crippen LogP contribution in [-0.4, -0.2) is 23.2 Å². The van der Waals surface area contributed by atoms with Crippen LogP contribution in [0.4, 0.5) is 0 Å². The number of aromatic nitrogens is 2. The summed E-state index contributed by atoms with van der Waals surface area (Å²) in [7, 11) is 1.66. The fraction of sp³-hybridized carbons (Fsp3) is 0.308. The van der Waals surface area contributed by atoms with Gasteiger partial charge in [0.05, 0.1) is 12.8 Å². The first-order valence-electron chi connectivity index (χ1n) is 5.63. The molecule has 0 spiro atoms. The summed E-state index contributed by atoms with van der Waals surface area (Å²) in [5, 5.41) is 0. The molecule has 2 rings (SSSR count). The van der Waals surface area contributed by atoms with Crippen molar-refractivity contribution in [2.75, 3.05) is 13.7 Å². The molecule has 0 unspecified atom stereocenters. The van der Waals surface area contributed by atoms with Crippen LogP contribution in [0.3, 0.4) is 0 Å². The van der Waals surface area contributed by atoms with Gasteiger partial charge in [-0.1, -0.05) is 12.1 Å². The van der Waals surface area contributed by atoms with Crippen molar-refractivity contribution in [2.45, 2.75) is 13.5 Å². The van der Waals surface area contributed by atoms with Crippen molar-refractivity contribution in [1.82, 2.24) is 9.55 Å². The molecule has 4 nitrogen and oxygen atoms in total. The predicted molar refractivity (Wildman–Crippen MR) is 68.0 cm³/mol. The summed E-state index contributed by atoms with van der Waals surface area (Å²) < 4.78 is 7.27. The van der Waals surface area contributed by atoms with Crippen LogP contribution in [0, 0.1) is 6.92 Å². The maximum absolute atomic E-state index is 5.55. The number of nitrogens with two attached hydrogens (primary N) is 1.